The molecule has 1 fully saturated rings. The van der Waals surface area contributed by atoms with Gasteiger partial charge in [-0.15, -0.1) is 12.4 Å². The van der Waals surface area contributed by atoms with E-state index in [2.05, 4.69) is 15.9 Å². The number of amides is 1. The molecule has 0 aromatic heterocycles. The third-order valence-corrected chi connectivity index (χ3v) is 3.72. The number of hydrogen-bond donors (Lipinski definition) is 1. The maximum Gasteiger partial charge on any atom is 0.253 e. The number of carbonyl (C=O) groups is 1. The van der Waals surface area contributed by atoms with E-state index >= 15 is 0 Å². The second-order valence-corrected chi connectivity index (χ2v) is 5.12. The molecule has 1 aliphatic heterocycles. The van der Waals surface area contributed by atoms with Gasteiger partial charge in [-0.2, -0.15) is 0 Å². The van der Waals surface area contributed by atoms with Crippen LogP contribution in [0, 0.1) is 11.7 Å². The Kier molecular flexibility index (Phi) is 5.56. The molecule has 1 unspecified atom stereocenters. The molecule has 1 aliphatic rings. The smallest absolute Gasteiger partial charge is 0.253 e. The lowest BCUT2D eigenvalue weighted by atomic mass is 10.1. The van der Waals surface area contributed by atoms with E-state index < -0.39 is 5.82 Å². The van der Waals surface area contributed by atoms with E-state index in [0.717, 1.165) is 6.42 Å². The number of likely N-dealkylation sites (tertiary alicyclic amines) is 1. The Morgan fingerprint density at radius 1 is 1.56 bits per heavy atom. The Balaban J connectivity index is 0.00000162. The van der Waals surface area contributed by atoms with Crippen LogP contribution in [0.3, 0.4) is 0 Å². The molecule has 0 saturated carbocycles. The van der Waals surface area contributed by atoms with Crippen LogP contribution in [0.4, 0.5) is 4.39 Å². The molecule has 2 N–H and O–H groups in total. The molecular weight excluding hydrogens is 322 g/mol. The van der Waals surface area contributed by atoms with Crippen LogP contribution in [0.5, 0.6) is 0 Å². The van der Waals surface area contributed by atoms with Crippen molar-refractivity contribution >= 4 is 34.2 Å². The van der Waals surface area contributed by atoms with Crippen LogP contribution in [-0.2, 0) is 0 Å². The van der Waals surface area contributed by atoms with Crippen molar-refractivity contribution in [2.75, 3.05) is 19.6 Å². The molecule has 0 aliphatic carbocycles. The monoisotopic (exact) mass is 336 g/mol. The summed E-state index contributed by atoms with van der Waals surface area (Å²) in [5.41, 5.74) is 5.97. The zero-order chi connectivity index (χ0) is 12.4. The topological polar surface area (TPSA) is 46.3 Å². The van der Waals surface area contributed by atoms with E-state index in [0.29, 0.717) is 35.6 Å². The third kappa shape index (κ3) is 3.22. The molecule has 1 heterocycles. The minimum absolute atomic E-state index is 0. The van der Waals surface area contributed by atoms with Gasteiger partial charge >= 0.3 is 0 Å². The minimum atomic E-state index is -0.412. The molecule has 0 spiro atoms. The van der Waals surface area contributed by atoms with Crippen molar-refractivity contribution in [2.24, 2.45) is 11.7 Å². The highest BCUT2D eigenvalue weighted by Gasteiger charge is 2.26. The van der Waals surface area contributed by atoms with E-state index in [-0.39, 0.29) is 18.3 Å². The summed E-state index contributed by atoms with van der Waals surface area (Å²) in [6, 6.07) is 4.45. The van der Waals surface area contributed by atoms with E-state index in [1.165, 1.54) is 6.07 Å². The number of nitrogens with zero attached hydrogens (tertiary/aromatic N) is 1. The van der Waals surface area contributed by atoms with Crippen LogP contribution in [-0.4, -0.2) is 30.4 Å². The molecule has 1 aromatic carbocycles. The van der Waals surface area contributed by atoms with Crippen LogP contribution in [0.2, 0.25) is 0 Å². The van der Waals surface area contributed by atoms with Crippen LogP contribution in [0.25, 0.3) is 0 Å². The van der Waals surface area contributed by atoms with Gasteiger partial charge in [-0.05, 0) is 53.0 Å². The highest BCUT2D eigenvalue weighted by molar-refractivity contribution is 9.10. The predicted octanol–water partition coefficient (Wildman–Crippen LogP) is 2.43. The van der Waals surface area contributed by atoms with Gasteiger partial charge in [0.1, 0.15) is 5.82 Å². The lowest BCUT2D eigenvalue weighted by molar-refractivity contribution is 0.0787. The average molecular weight is 338 g/mol. The summed E-state index contributed by atoms with van der Waals surface area (Å²) < 4.78 is 13.7. The minimum Gasteiger partial charge on any atom is -0.338 e. The van der Waals surface area contributed by atoms with Gasteiger partial charge in [0.05, 0.1) is 4.47 Å². The Bertz CT molecular complexity index is 444. The highest BCUT2D eigenvalue weighted by atomic mass is 79.9. The van der Waals surface area contributed by atoms with E-state index in [1.54, 1.807) is 17.0 Å². The number of nitrogens with two attached hydrogens (primary N) is 1. The summed E-state index contributed by atoms with van der Waals surface area (Å²) in [6.07, 6.45) is 0.932. The Morgan fingerprint density at radius 3 is 2.83 bits per heavy atom. The number of halogens is 3. The van der Waals surface area contributed by atoms with E-state index in [4.69, 9.17) is 5.73 Å². The van der Waals surface area contributed by atoms with Gasteiger partial charge in [0.25, 0.3) is 5.91 Å². The van der Waals surface area contributed by atoms with Gasteiger partial charge in [0.2, 0.25) is 0 Å². The molecule has 1 saturated heterocycles. The summed E-state index contributed by atoms with van der Waals surface area (Å²) in [5.74, 6) is -0.156. The van der Waals surface area contributed by atoms with Gasteiger partial charge in [0, 0.05) is 18.7 Å². The predicted molar refractivity (Wildman–Crippen MR) is 74.4 cm³/mol. The Hall–Kier alpha value is -0.650. The molecule has 3 nitrogen and oxygen atoms in total. The van der Waals surface area contributed by atoms with Gasteiger partial charge in [-0.25, -0.2) is 4.39 Å². The first kappa shape index (κ1) is 15.4. The quantitative estimate of drug-likeness (QED) is 0.901. The molecule has 1 amide bonds. The lowest BCUT2D eigenvalue weighted by Gasteiger charge is -2.16. The lowest BCUT2D eigenvalue weighted by Crippen LogP contribution is -2.29. The first-order valence-corrected chi connectivity index (χ1v) is 6.35. The first-order valence-electron chi connectivity index (χ1n) is 5.56. The zero-order valence-corrected chi connectivity index (χ0v) is 12.1. The summed E-state index contributed by atoms with van der Waals surface area (Å²) in [5, 5.41) is 0. The molecule has 6 heteroatoms. The average Bonchev–Trinajstić information content (AvgIpc) is 2.80. The Morgan fingerprint density at radius 2 is 2.28 bits per heavy atom. The summed E-state index contributed by atoms with van der Waals surface area (Å²) in [6.45, 7) is 1.98. The largest absolute Gasteiger partial charge is 0.338 e. The van der Waals surface area contributed by atoms with Crippen LogP contribution in [0.1, 0.15) is 16.8 Å². The standard InChI is InChI=1S/C12H14BrFN2O.ClH/c13-10-2-1-9(5-11(10)14)12(17)16-4-3-8(6-15)7-16;/h1-2,5,8H,3-4,6-7,15H2;1H. The van der Waals surface area contributed by atoms with Crippen molar-refractivity contribution in [3.8, 4) is 0 Å². The van der Waals surface area contributed by atoms with Crippen LogP contribution >= 0.6 is 28.3 Å². The highest BCUT2D eigenvalue weighted by Crippen LogP contribution is 2.21. The fraction of sp³-hybridized carbons (Fsp3) is 0.417. The van der Waals surface area contributed by atoms with Gasteiger partial charge in [-0.1, -0.05) is 0 Å². The van der Waals surface area contributed by atoms with E-state index in [1.807, 2.05) is 0 Å². The summed E-state index contributed by atoms with van der Waals surface area (Å²) in [4.78, 5) is 13.8. The zero-order valence-electron chi connectivity index (χ0n) is 9.73. The van der Waals surface area contributed by atoms with Gasteiger partial charge < -0.3 is 10.6 Å². The molecule has 18 heavy (non-hydrogen) atoms. The second kappa shape index (κ2) is 6.50. The molecule has 0 radical (unpaired) electrons. The molecule has 1 aromatic rings. The number of benzene rings is 1. The molecule has 0 bridgehead atoms. The Labute approximate surface area is 120 Å². The summed E-state index contributed by atoms with van der Waals surface area (Å²) in [7, 11) is 0. The number of carbonyl (C=O) groups excluding carboxylic acids is 1. The third-order valence-electron chi connectivity index (χ3n) is 3.07. The van der Waals surface area contributed by atoms with Gasteiger partial charge in [0.15, 0.2) is 0 Å². The van der Waals surface area contributed by atoms with Gasteiger partial charge in [-0.3, -0.25) is 4.79 Å². The number of rotatable bonds is 2. The van der Waals surface area contributed by atoms with Crippen molar-refractivity contribution in [2.45, 2.75) is 6.42 Å². The van der Waals surface area contributed by atoms with Crippen molar-refractivity contribution in [1.29, 1.82) is 0 Å². The van der Waals surface area contributed by atoms with Crippen LogP contribution < -0.4 is 5.73 Å². The van der Waals surface area contributed by atoms with Crippen molar-refractivity contribution in [3.63, 3.8) is 0 Å². The van der Waals surface area contributed by atoms with Crippen molar-refractivity contribution in [3.05, 3.63) is 34.1 Å². The fourth-order valence-corrected chi connectivity index (χ4v) is 2.27. The van der Waals surface area contributed by atoms with E-state index in [9.17, 15) is 9.18 Å². The maximum absolute atomic E-state index is 13.3. The second-order valence-electron chi connectivity index (χ2n) is 4.27. The molecule has 2 rings (SSSR count). The number of hydrogen-bond acceptors (Lipinski definition) is 2. The van der Waals surface area contributed by atoms with Crippen molar-refractivity contribution < 1.29 is 9.18 Å². The molecule has 100 valence electrons. The summed E-state index contributed by atoms with van der Waals surface area (Å²) >= 11 is 3.07. The fourth-order valence-electron chi connectivity index (χ4n) is 2.02. The normalized spacial score (nSPS) is 18.6. The molecular formula is C12H15BrClFN2O. The first-order chi connectivity index (χ1) is 8.11. The van der Waals surface area contributed by atoms with Crippen LogP contribution in [0.15, 0.2) is 22.7 Å². The SMILES string of the molecule is Cl.NCC1CCN(C(=O)c2ccc(Br)c(F)c2)C1. The maximum atomic E-state index is 13.3. The van der Waals surface area contributed by atoms with Crippen molar-refractivity contribution in [1.82, 2.24) is 4.90 Å². The molecule has 1 atom stereocenters.